The molecule has 1 aliphatic rings. The fourth-order valence-electron chi connectivity index (χ4n) is 2.03. The molecule has 4 nitrogen and oxygen atoms in total. The molecule has 1 aromatic carbocycles. The van der Waals surface area contributed by atoms with Gasteiger partial charge in [-0.3, -0.25) is 4.79 Å². The number of nitriles is 1. The Morgan fingerprint density at radius 3 is 2.79 bits per heavy atom. The predicted molar refractivity (Wildman–Crippen MR) is 73.3 cm³/mol. The van der Waals surface area contributed by atoms with E-state index in [-0.39, 0.29) is 11.5 Å². The smallest absolute Gasteiger partial charge is 0.224 e. The molecule has 6 heteroatoms. The maximum Gasteiger partial charge on any atom is 0.224 e. The van der Waals surface area contributed by atoms with E-state index in [2.05, 4.69) is 15.9 Å². The minimum atomic E-state index is -0.434. The molecule has 0 spiro atoms. The Morgan fingerprint density at radius 1 is 1.37 bits per heavy atom. The van der Waals surface area contributed by atoms with Crippen molar-refractivity contribution in [2.45, 2.75) is 6.42 Å². The van der Waals surface area contributed by atoms with Gasteiger partial charge in [0.15, 0.2) is 0 Å². The lowest BCUT2D eigenvalue weighted by atomic mass is 10.2. The van der Waals surface area contributed by atoms with Gasteiger partial charge in [-0.25, -0.2) is 4.39 Å². The van der Waals surface area contributed by atoms with E-state index in [9.17, 15) is 9.18 Å². The molecule has 1 saturated heterocycles. The van der Waals surface area contributed by atoms with Crippen LogP contribution in [0, 0.1) is 17.1 Å². The topological polar surface area (TPSA) is 47.3 Å². The normalized spacial score (nSPS) is 16.2. The maximum absolute atomic E-state index is 14.0. The van der Waals surface area contributed by atoms with Crippen molar-refractivity contribution in [2.75, 3.05) is 31.6 Å². The van der Waals surface area contributed by atoms with Crippen molar-refractivity contribution in [2.24, 2.45) is 0 Å². The first-order valence-corrected chi connectivity index (χ1v) is 6.70. The van der Waals surface area contributed by atoms with Gasteiger partial charge < -0.3 is 9.80 Å². The summed E-state index contributed by atoms with van der Waals surface area (Å²) >= 11 is 3.26. The van der Waals surface area contributed by atoms with E-state index >= 15 is 0 Å². The largest absolute Gasteiger partial charge is 0.367 e. The second kappa shape index (κ2) is 5.57. The van der Waals surface area contributed by atoms with Crippen LogP contribution in [0.2, 0.25) is 0 Å². The third-order valence-corrected chi connectivity index (χ3v) is 3.88. The summed E-state index contributed by atoms with van der Waals surface area (Å²) in [5, 5.41) is 8.85. The van der Waals surface area contributed by atoms with E-state index in [4.69, 9.17) is 5.26 Å². The molecular formula is C13H13BrFN3O. The molecule has 1 aliphatic heterocycles. The Morgan fingerprint density at radius 2 is 2.11 bits per heavy atom. The Balaban J connectivity index is 2.30. The number of nitrogens with zero attached hydrogens (tertiary/aromatic N) is 3. The number of anilines is 1. The SMILES string of the molecule is CN1CCN(c2cc(Br)c(C#N)cc2F)CCC1=O. The van der Waals surface area contributed by atoms with E-state index in [0.717, 1.165) is 0 Å². The number of hydrogen-bond acceptors (Lipinski definition) is 3. The number of hydrogen-bond donors (Lipinski definition) is 0. The molecule has 2 rings (SSSR count). The Bertz CT molecular complexity index is 556. The minimum Gasteiger partial charge on any atom is -0.367 e. The van der Waals surface area contributed by atoms with Crippen molar-refractivity contribution in [1.82, 2.24) is 4.90 Å². The number of carbonyl (C=O) groups is 1. The number of halogens is 2. The third-order valence-electron chi connectivity index (χ3n) is 3.22. The molecule has 0 aliphatic carbocycles. The summed E-state index contributed by atoms with van der Waals surface area (Å²) in [5.74, 6) is -0.368. The van der Waals surface area contributed by atoms with Gasteiger partial charge in [0.05, 0.1) is 11.3 Å². The molecule has 0 bridgehead atoms. The molecule has 1 fully saturated rings. The van der Waals surface area contributed by atoms with Crippen LogP contribution >= 0.6 is 15.9 Å². The number of benzene rings is 1. The second-order valence-corrected chi connectivity index (χ2v) is 5.30. The van der Waals surface area contributed by atoms with Crippen molar-refractivity contribution < 1.29 is 9.18 Å². The van der Waals surface area contributed by atoms with Crippen LogP contribution in [0.3, 0.4) is 0 Å². The lowest BCUT2D eigenvalue weighted by Crippen LogP contribution is -2.30. The zero-order valence-corrected chi connectivity index (χ0v) is 12.1. The van der Waals surface area contributed by atoms with Crippen LogP contribution in [0.1, 0.15) is 12.0 Å². The van der Waals surface area contributed by atoms with Crippen LogP contribution in [0.15, 0.2) is 16.6 Å². The predicted octanol–water partition coefficient (Wildman–Crippen LogP) is 2.13. The van der Waals surface area contributed by atoms with Crippen LogP contribution in [-0.2, 0) is 4.79 Å². The molecule has 1 heterocycles. The van der Waals surface area contributed by atoms with Crippen LogP contribution in [0.25, 0.3) is 0 Å². The summed E-state index contributed by atoms with van der Waals surface area (Å²) < 4.78 is 14.6. The van der Waals surface area contributed by atoms with Crippen molar-refractivity contribution in [3.05, 3.63) is 28.0 Å². The molecule has 1 amide bonds. The fraction of sp³-hybridized carbons (Fsp3) is 0.385. The highest BCUT2D eigenvalue weighted by molar-refractivity contribution is 9.10. The van der Waals surface area contributed by atoms with Crippen molar-refractivity contribution in [3.63, 3.8) is 0 Å². The van der Waals surface area contributed by atoms with Gasteiger partial charge in [-0.15, -0.1) is 0 Å². The van der Waals surface area contributed by atoms with E-state index in [1.807, 2.05) is 11.0 Å². The molecule has 0 unspecified atom stereocenters. The van der Waals surface area contributed by atoms with Gasteiger partial charge >= 0.3 is 0 Å². The molecular weight excluding hydrogens is 313 g/mol. The van der Waals surface area contributed by atoms with E-state index in [1.54, 1.807) is 18.0 Å². The van der Waals surface area contributed by atoms with Gasteiger partial charge in [0.1, 0.15) is 11.9 Å². The Kier molecular flexibility index (Phi) is 4.05. The average Bonchev–Trinajstić information content (AvgIpc) is 2.55. The zero-order valence-electron chi connectivity index (χ0n) is 10.5. The van der Waals surface area contributed by atoms with Crippen molar-refractivity contribution in [3.8, 4) is 6.07 Å². The van der Waals surface area contributed by atoms with Crippen molar-refractivity contribution in [1.29, 1.82) is 5.26 Å². The molecule has 0 saturated carbocycles. The molecule has 1 aromatic rings. The van der Waals surface area contributed by atoms with E-state index in [0.29, 0.717) is 36.2 Å². The summed E-state index contributed by atoms with van der Waals surface area (Å²) in [7, 11) is 1.75. The van der Waals surface area contributed by atoms with Crippen LogP contribution in [0.5, 0.6) is 0 Å². The van der Waals surface area contributed by atoms with E-state index in [1.165, 1.54) is 6.07 Å². The highest BCUT2D eigenvalue weighted by Crippen LogP contribution is 2.28. The second-order valence-electron chi connectivity index (χ2n) is 4.45. The first-order chi connectivity index (χ1) is 9.02. The molecule has 0 atom stereocenters. The van der Waals surface area contributed by atoms with Gasteiger partial charge in [0.25, 0.3) is 0 Å². The first-order valence-electron chi connectivity index (χ1n) is 5.91. The van der Waals surface area contributed by atoms with Gasteiger partial charge in [-0.1, -0.05) is 0 Å². The van der Waals surface area contributed by atoms with Crippen LogP contribution < -0.4 is 4.90 Å². The molecule has 0 N–H and O–H groups in total. The van der Waals surface area contributed by atoms with Gasteiger partial charge in [0.2, 0.25) is 5.91 Å². The lowest BCUT2D eigenvalue weighted by Gasteiger charge is -2.23. The summed E-state index contributed by atoms with van der Waals surface area (Å²) in [4.78, 5) is 15.1. The average molecular weight is 326 g/mol. The van der Waals surface area contributed by atoms with Crippen molar-refractivity contribution >= 4 is 27.5 Å². The summed E-state index contributed by atoms with van der Waals surface area (Å²) in [6.45, 7) is 1.63. The number of amides is 1. The Labute approximate surface area is 119 Å². The number of rotatable bonds is 1. The molecule has 0 aromatic heterocycles. The van der Waals surface area contributed by atoms with Crippen LogP contribution in [0.4, 0.5) is 10.1 Å². The number of carbonyl (C=O) groups excluding carboxylic acids is 1. The lowest BCUT2D eigenvalue weighted by molar-refractivity contribution is -0.129. The monoisotopic (exact) mass is 325 g/mol. The van der Waals surface area contributed by atoms with Crippen LogP contribution in [-0.4, -0.2) is 37.5 Å². The zero-order chi connectivity index (χ0) is 14.0. The van der Waals surface area contributed by atoms with Gasteiger partial charge in [-0.2, -0.15) is 5.26 Å². The van der Waals surface area contributed by atoms with Gasteiger partial charge in [-0.05, 0) is 28.1 Å². The number of likely N-dealkylation sites (N-methyl/N-ethyl adjacent to an activating group) is 1. The molecule has 19 heavy (non-hydrogen) atoms. The Hall–Kier alpha value is -1.61. The minimum absolute atomic E-state index is 0.0654. The third kappa shape index (κ3) is 2.87. The molecule has 100 valence electrons. The summed E-state index contributed by atoms with van der Waals surface area (Å²) in [5.41, 5.74) is 0.693. The van der Waals surface area contributed by atoms with E-state index < -0.39 is 5.82 Å². The quantitative estimate of drug-likeness (QED) is 0.794. The standard InChI is InChI=1S/C13H13BrFN3O/c1-17-4-5-18(3-2-13(17)19)12-7-10(14)9(8-16)6-11(12)15/h6-7H,2-5H2,1H3. The summed E-state index contributed by atoms with van der Waals surface area (Å²) in [6.07, 6.45) is 0.369. The highest BCUT2D eigenvalue weighted by atomic mass is 79.9. The first kappa shape index (κ1) is 13.8. The molecule has 0 radical (unpaired) electrons. The maximum atomic E-state index is 14.0. The van der Waals surface area contributed by atoms with Gasteiger partial charge in [0, 0.05) is 37.6 Å². The highest BCUT2D eigenvalue weighted by Gasteiger charge is 2.21. The summed E-state index contributed by atoms with van der Waals surface area (Å²) in [6, 6.07) is 4.74. The fourth-order valence-corrected chi connectivity index (χ4v) is 2.45.